The molecule has 15 rings (SSSR count). The molecule has 3 aromatic heterocycles. The van der Waals surface area contributed by atoms with Gasteiger partial charge in [0.05, 0.1) is 120 Å². The number of methoxy groups -OCH3 is 3. The highest BCUT2D eigenvalue weighted by atomic mass is 16.6. The molecular weight excluding hydrogens is 1520 g/mol. The third kappa shape index (κ3) is 14.5. The van der Waals surface area contributed by atoms with Crippen molar-refractivity contribution >= 4 is 70.2 Å². The number of non-ortho nitro benzene ring substituents is 2. The van der Waals surface area contributed by atoms with E-state index in [1.165, 1.54) is 106 Å². The van der Waals surface area contributed by atoms with E-state index in [4.69, 9.17) is 55.9 Å². The second-order valence-electron chi connectivity index (χ2n) is 32.9. The first kappa shape index (κ1) is 82.4. The van der Waals surface area contributed by atoms with Gasteiger partial charge in [0.1, 0.15) is 23.9 Å². The average molecular weight is 1610 g/mol. The van der Waals surface area contributed by atoms with Crippen LogP contribution in [0.15, 0.2) is 214 Å². The van der Waals surface area contributed by atoms with E-state index < -0.39 is 154 Å². The quantitative estimate of drug-likeness (QED) is 0.0399. The zero-order valence-electron chi connectivity index (χ0n) is 65.6. The fraction of sp³-hybridized carbons (Fsp3) is 0.414. The molecule has 6 heterocycles. The number of furan rings is 3. The van der Waals surface area contributed by atoms with Crippen molar-refractivity contribution in [2.45, 2.75) is 118 Å². The number of esters is 6. The van der Waals surface area contributed by atoms with Crippen LogP contribution in [0, 0.1) is 116 Å². The molecule has 6 aromatic rings. The molecule has 30 heteroatoms. The molecule has 0 bridgehead atoms. The number of carbonyl (C=O) groups excluding carboxylic acids is 9. The van der Waals surface area contributed by atoms with Crippen LogP contribution in [0.3, 0.4) is 0 Å². The zero-order chi connectivity index (χ0) is 84.3. The van der Waals surface area contributed by atoms with Crippen LogP contribution in [0.4, 0.5) is 17.1 Å². The number of Topliss-reactive ketones (excluding diaryl/α,β-unsaturated/α-hetero) is 3. The lowest BCUT2D eigenvalue weighted by Gasteiger charge is -2.60. The number of ketones is 3. The predicted octanol–water partition coefficient (Wildman–Crippen LogP) is 15.9. The van der Waals surface area contributed by atoms with E-state index in [-0.39, 0.29) is 68.9 Å². The number of nitro benzene ring substituents is 3. The summed E-state index contributed by atoms with van der Waals surface area (Å²) in [7, 11) is 3.83. The first-order chi connectivity index (χ1) is 55.5. The minimum Gasteiger partial charge on any atom is -0.490 e. The summed E-state index contributed by atoms with van der Waals surface area (Å²) >= 11 is 0. The van der Waals surface area contributed by atoms with E-state index in [2.05, 4.69) is 19.7 Å². The summed E-state index contributed by atoms with van der Waals surface area (Å²) in [5, 5.41) is 33.6. The van der Waals surface area contributed by atoms with E-state index in [1.807, 2.05) is 41.5 Å². The maximum atomic E-state index is 14.2. The molecule has 6 aliphatic carbocycles. The third-order valence-electron chi connectivity index (χ3n) is 26.4. The fourth-order valence-electron chi connectivity index (χ4n) is 21.0. The fourth-order valence-corrected chi connectivity index (χ4v) is 21.0. The summed E-state index contributed by atoms with van der Waals surface area (Å²) in [5.74, 6) is -10.2. The Morgan fingerprint density at radius 2 is 0.769 bits per heavy atom. The summed E-state index contributed by atoms with van der Waals surface area (Å²) in [6, 6.07) is 20.6. The largest absolute Gasteiger partial charge is 0.490 e. The monoisotopic (exact) mass is 1610 g/mol. The van der Waals surface area contributed by atoms with E-state index in [9.17, 15) is 73.5 Å². The lowest BCUT2D eigenvalue weighted by molar-refractivity contribution is -0.385. The highest BCUT2D eigenvalue weighted by molar-refractivity contribution is 6.06. The van der Waals surface area contributed by atoms with Gasteiger partial charge in [-0.1, -0.05) is 79.5 Å². The van der Waals surface area contributed by atoms with Crippen molar-refractivity contribution in [2.24, 2.45) is 85.8 Å². The number of para-hydroxylation sites is 1. The summed E-state index contributed by atoms with van der Waals surface area (Å²) in [6.45, 7) is 24.2. The number of nitro groups is 3. The highest BCUT2D eigenvalue weighted by Gasteiger charge is 2.69. The molecule has 0 radical (unpaired) electrons. The van der Waals surface area contributed by atoms with E-state index in [0.717, 1.165) is 22.8 Å². The average Bonchev–Trinajstić information content (AvgIpc) is 0.931. The highest BCUT2D eigenvalue weighted by Crippen LogP contribution is 2.70. The number of hydrogen-bond acceptors (Lipinski definition) is 27. The molecule has 3 saturated carbocycles. The number of fused-ring (bicyclic) bond motifs is 9. The van der Waals surface area contributed by atoms with Crippen LogP contribution in [0.2, 0.25) is 0 Å². The van der Waals surface area contributed by atoms with Crippen molar-refractivity contribution in [2.75, 3.05) is 21.3 Å². The first-order valence-corrected chi connectivity index (χ1v) is 38.0. The predicted molar refractivity (Wildman–Crippen MR) is 407 cm³/mol. The Kier molecular flexibility index (Phi) is 22.2. The van der Waals surface area contributed by atoms with E-state index >= 15 is 0 Å². The van der Waals surface area contributed by atoms with Crippen LogP contribution < -0.4 is 0 Å². The lowest BCUT2D eigenvalue weighted by Crippen LogP contribution is -2.60. The number of nitrogens with zero attached hydrogens (tertiary/aromatic N) is 3. The number of ether oxygens (including phenoxy) is 9. The number of carbonyl (C=O) groups is 9. The van der Waals surface area contributed by atoms with Crippen molar-refractivity contribution in [1.29, 1.82) is 0 Å². The molecule has 0 amide bonds. The molecule has 612 valence electrons. The molecule has 3 aromatic carbocycles. The molecule has 30 nitrogen and oxygen atoms in total. The Morgan fingerprint density at radius 1 is 0.419 bits per heavy atom. The Balaban J connectivity index is 0.000000152. The summed E-state index contributed by atoms with van der Waals surface area (Å²) < 4.78 is 66.4. The molecule has 117 heavy (non-hydrogen) atoms. The molecule has 3 saturated heterocycles. The first-order valence-electron chi connectivity index (χ1n) is 38.0. The van der Waals surface area contributed by atoms with Crippen LogP contribution in [0.1, 0.15) is 165 Å². The van der Waals surface area contributed by atoms with Gasteiger partial charge in [0.15, 0.2) is 17.3 Å². The SMILES string of the molecule is C=C1O[C@H](c2ccoc2)C[C@]2(C)[C@H]3C(=O)C(OC(=O)c4ccc([N+](=O)[O-])cc4)=C[C@@H](C(=O)OC)[C@]3(C)CC[C@@H]12.C=C1O[C@H](c2ccoc2)C[C@]2(C)[C@H]3C(=O)C(OC(=O)c4cccc([N+](=O)[O-])c4)=C[C@@H](C(=O)OC)[C@]3(C)CC[C@@H]12.C=C1O[C@H](c2ccoc2)C[C@]2(C)[C@H]3C(=O)C(OC(=O)c4ccccc4[N+](=O)[O-])=C[C@@H](C(=O)OC)[C@]3(C)CC[C@@H]12. The van der Waals surface area contributed by atoms with Gasteiger partial charge in [0.25, 0.3) is 17.1 Å². The smallest absolute Gasteiger partial charge is 0.350 e. The van der Waals surface area contributed by atoms with Crippen molar-refractivity contribution in [3.63, 3.8) is 0 Å². The van der Waals surface area contributed by atoms with Crippen molar-refractivity contribution in [1.82, 2.24) is 0 Å². The second kappa shape index (κ2) is 31.5. The summed E-state index contributed by atoms with van der Waals surface area (Å²) in [5.41, 5.74) is -3.45. The molecule has 0 N–H and O–H groups in total. The van der Waals surface area contributed by atoms with Crippen LogP contribution in [0.5, 0.6) is 0 Å². The maximum absolute atomic E-state index is 14.2. The number of rotatable bonds is 15. The van der Waals surface area contributed by atoms with Gasteiger partial charge in [-0.3, -0.25) is 59.1 Å². The van der Waals surface area contributed by atoms with E-state index in [0.29, 0.717) is 75.1 Å². The van der Waals surface area contributed by atoms with Crippen LogP contribution >= 0.6 is 0 Å². The summed E-state index contributed by atoms with van der Waals surface area (Å²) in [6.07, 6.45) is 17.1. The molecule has 9 aliphatic rings. The zero-order valence-corrected chi connectivity index (χ0v) is 65.6. The van der Waals surface area contributed by atoms with Crippen molar-refractivity contribution in [3.8, 4) is 0 Å². The topological polar surface area (TPSA) is 406 Å². The molecule has 0 spiro atoms. The minimum absolute atomic E-state index is 0.0319. The van der Waals surface area contributed by atoms with Crippen molar-refractivity contribution < 1.29 is 114 Å². The third-order valence-corrected chi connectivity index (χ3v) is 26.4. The van der Waals surface area contributed by atoms with Gasteiger partial charge in [-0.15, -0.1) is 0 Å². The van der Waals surface area contributed by atoms with Gasteiger partial charge in [0.2, 0.25) is 17.3 Å². The molecule has 6 fully saturated rings. The summed E-state index contributed by atoms with van der Waals surface area (Å²) in [4.78, 5) is 153. The lowest BCUT2D eigenvalue weighted by atomic mass is 9.44. The van der Waals surface area contributed by atoms with Crippen LogP contribution in [0.25, 0.3) is 0 Å². The Morgan fingerprint density at radius 3 is 1.10 bits per heavy atom. The van der Waals surface area contributed by atoms with Crippen LogP contribution in [-0.4, -0.2) is 89.3 Å². The number of hydrogen-bond donors (Lipinski definition) is 0. The van der Waals surface area contributed by atoms with Gasteiger partial charge in [-0.05, 0) is 151 Å². The van der Waals surface area contributed by atoms with E-state index in [1.54, 1.807) is 55.8 Å². The normalized spacial score (nSPS) is 31.7. The Hall–Kier alpha value is -12.6. The molecule has 3 aliphatic heterocycles. The number of allylic oxidation sites excluding steroid dienone is 6. The Labute approximate surface area is 670 Å². The minimum atomic E-state index is -1.06. The van der Waals surface area contributed by atoms with Crippen molar-refractivity contribution in [3.05, 3.63) is 265 Å². The Bertz CT molecular complexity index is 5170. The van der Waals surface area contributed by atoms with Gasteiger partial charge in [-0.25, -0.2) is 14.4 Å². The molecular formula is C87H87N3O27. The number of benzene rings is 3. The molecule has 18 atom stereocenters. The van der Waals surface area contributed by atoms with Gasteiger partial charge < -0.3 is 55.9 Å². The van der Waals surface area contributed by atoms with Gasteiger partial charge in [0, 0.05) is 82.5 Å². The standard InChI is InChI=1S/3C29H29NO9/c1-16-20-9-11-28(2)21(27(33)36-4)13-22(39-26(32)17-5-7-19(8-6-17)30(34)35)24(31)25(28)29(20,3)14-23(38-16)18-10-12-37-15-18;1-16-20-8-10-28(2)21(27(33)36-4)13-22(39-26(32)17-6-5-7-19(12-17)30(34)35)24(31)25(28)29(20,3)14-23(38-16)18-9-11-37-15-18;1-16-19-9-11-28(2)20(27(33)36-4)13-22(39-26(32)18-7-5-6-8-21(18)30(34)35)24(31)25(28)29(19,3)14-23(38-16)17-10-12-37-15-17/h5-8,10,12-13,15,20-21,23,25H,1,9,11,14H2,2-4H3;5-7,9,11-13,15,20-21,23,25H,1,8,10,14H2,2-4H3;5-8,10,12-13,15,19-20,23,25H,1,9,11,14H2,2-4H3/t2*20-,21-,23-,25-,28-,29-;19-,20-,23-,25-,28-,29-/m000/s1. The van der Waals surface area contributed by atoms with Crippen LogP contribution in [-0.2, 0) is 71.4 Å². The molecule has 0 unspecified atom stereocenters. The second-order valence-corrected chi connectivity index (χ2v) is 32.9. The van der Waals surface area contributed by atoms with Gasteiger partial charge >= 0.3 is 35.8 Å². The maximum Gasteiger partial charge on any atom is 0.350 e. The van der Waals surface area contributed by atoms with Gasteiger partial charge in [-0.2, -0.15) is 0 Å².